The van der Waals surface area contributed by atoms with Gasteiger partial charge in [-0.3, -0.25) is 4.79 Å². The van der Waals surface area contributed by atoms with E-state index in [1.165, 1.54) is 6.42 Å². The summed E-state index contributed by atoms with van der Waals surface area (Å²) in [4.78, 5) is 22.4. The van der Waals surface area contributed by atoms with Gasteiger partial charge < -0.3 is 10.4 Å². The smallest absolute Gasteiger partial charge is 0.327 e. The lowest BCUT2D eigenvalue weighted by molar-refractivity contribution is -0.141. The normalized spacial score (nSPS) is 16.5. The topological polar surface area (TPSA) is 66.4 Å². The Morgan fingerprint density at radius 2 is 2.29 bits per heavy atom. The standard InChI is InChI=1S/C13H17NO3/c1-2-6-11(13(16)17)14-12(15)9-10-7-4-3-5-8-10/h1,7,11H,3-6,8-9H2,(H,14,15)(H,16,17). The van der Waals surface area contributed by atoms with Crippen molar-refractivity contribution in [2.75, 3.05) is 0 Å². The maximum absolute atomic E-state index is 11.6. The Hall–Kier alpha value is -1.76. The number of hydrogen-bond donors (Lipinski definition) is 2. The van der Waals surface area contributed by atoms with Crippen LogP contribution in [0.5, 0.6) is 0 Å². The van der Waals surface area contributed by atoms with Crippen LogP contribution in [0.15, 0.2) is 11.6 Å². The molecule has 1 rings (SSSR count). The summed E-state index contributed by atoms with van der Waals surface area (Å²) in [7, 11) is 0. The molecule has 0 heterocycles. The molecule has 0 saturated heterocycles. The SMILES string of the molecule is C#CCC(NC(=O)CC1=CCCCC1)C(=O)O. The van der Waals surface area contributed by atoms with Crippen LogP contribution in [0.2, 0.25) is 0 Å². The van der Waals surface area contributed by atoms with Crippen LogP contribution in [0.4, 0.5) is 0 Å². The maximum atomic E-state index is 11.6. The lowest BCUT2D eigenvalue weighted by Crippen LogP contribution is -2.40. The van der Waals surface area contributed by atoms with E-state index in [1.807, 2.05) is 0 Å². The third kappa shape index (κ3) is 4.73. The van der Waals surface area contributed by atoms with E-state index in [-0.39, 0.29) is 18.7 Å². The van der Waals surface area contributed by atoms with Crippen LogP contribution in [0.1, 0.15) is 38.5 Å². The van der Waals surface area contributed by atoms with Crippen LogP contribution in [0.3, 0.4) is 0 Å². The Kier molecular flexibility index (Phi) is 5.28. The minimum Gasteiger partial charge on any atom is -0.480 e. The molecule has 1 unspecified atom stereocenters. The molecule has 0 fully saturated rings. The fraction of sp³-hybridized carbons (Fsp3) is 0.538. The highest BCUT2D eigenvalue weighted by Gasteiger charge is 2.19. The number of hydrogen-bond acceptors (Lipinski definition) is 2. The van der Waals surface area contributed by atoms with Crippen molar-refractivity contribution in [3.05, 3.63) is 11.6 Å². The van der Waals surface area contributed by atoms with Crippen LogP contribution >= 0.6 is 0 Å². The van der Waals surface area contributed by atoms with E-state index in [4.69, 9.17) is 11.5 Å². The van der Waals surface area contributed by atoms with E-state index in [1.54, 1.807) is 0 Å². The first kappa shape index (κ1) is 13.3. The number of carbonyl (C=O) groups excluding carboxylic acids is 1. The van der Waals surface area contributed by atoms with Gasteiger partial charge in [0.2, 0.25) is 5.91 Å². The number of allylic oxidation sites excluding steroid dienone is 1. The molecule has 2 N–H and O–H groups in total. The van der Waals surface area contributed by atoms with Gasteiger partial charge in [-0.2, -0.15) is 0 Å². The van der Waals surface area contributed by atoms with Gasteiger partial charge in [0, 0.05) is 12.8 Å². The summed E-state index contributed by atoms with van der Waals surface area (Å²) < 4.78 is 0. The second-order valence-corrected chi connectivity index (χ2v) is 4.15. The maximum Gasteiger partial charge on any atom is 0.327 e. The average molecular weight is 235 g/mol. The quantitative estimate of drug-likeness (QED) is 0.560. The first-order valence-electron chi connectivity index (χ1n) is 5.77. The first-order valence-corrected chi connectivity index (χ1v) is 5.77. The van der Waals surface area contributed by atoms with Gasteiger partial charge in [-0.25, -0.2) is 4.79 Å². The van der Waals surface area contributed by atoms with Gasteiger partial charge in [0.15, 0.2) is 0 Å². The molecule has 0 saturated carbocycles. The molecule has 1 atom stereocenters. The number of aliphatic carboxylic acids is 1. The molecular formula is C13H17NO3. The van der Waals surface area contributed by atoms with Crippen molar-refractivity contribution in [1.29, 1.82) is 0 Å². The van der Waals surface area contributed by atoms with Crippen LogP contribution in [0.25, 0.3) is 0 Å². The molecule has 0 aromatic carbocycles. The van der Waals surface area contributed by atoms with E-state index >= 15 is 0 Å². The molecule has 0 radical (unpaired) electrons. The summed E-state index contributed by atoms with van der Waals surface area (Å²) in [6, 6.07) is -0.975. The Labute approximate surface area is 101 Å². The van der Waals surface area contributed by atoms with E-state index in [2.05, 4.69) is 17.3 Å². The zero-order chi connectivity index (χ0) is 12.7. The molecule has 1 aliphatic carbocycles. The third-order valence-corrected chi connectivity index (χ3v) is 2.73. The van der Waals surface area contributed by atoms with Crippen molar-refractivity contribution in [3.63, 3.8) is 0 Å². The van der Waals surface area contributed by atoms with Crippen LogP contribution in [-0.2, 0) is 9.59 Å². The Morgan fingerprint density at radius 1 is 1.53 bits per heavy atom. The summed E-state index contributed by atoms with van der Waals surface area (Å²) in [6.45, 7) is 0. The van der Waals surface area contributed by atoms with Gasteiger partial charge in [-0.15, -0.1) is 12.3 Å². The number of amides is 1. The number of rotatable bonds is 5. The van der Waals surface area contributed by atoms with Crippen LogP contribution in [0, 0.1) is 12.3 Å². The molecule has 0 spiro atoms. The minimum absolute atomic E-state index is 0.0140. The van der Waals surface area contributed by atoms with E-state index in [9.17, 15) is 9.59 Å². The fourth-order valence-corrected chi connectivity index (χ4v) is 1.83. The van der Waals surface area contributed by atoms with Gasteiger partial charge in [-0.1, -0.05) is 11.6 Å². The molecule has 92 valence electrons. The zero-order valence-electron chi connectivity index (χ0n) is 9.74. The number of carbonyl (C=O) groups is 2. The number of terminal acetylenes is 1. The summed E-state index contributed by atoms with van der Waals surface area (Å²) in [5.41, 5.74) is 1.10. The van der Waals surface area contributed by atoms with Crippen molar-refractivity contribution >= 4 is 11.9 Å². The molecule has 4 nitrogen and oxygen atoms in total. The molecule has 1 aliphatic rings. The fourth-order valence-electron chi connectivity index (χ4n) is 1.83. The molecule has 4 heteroatoms. The highest BCUT2D eigenvalue weighted by atomic mass is 16.4. The number of carboxylic acids is 1. The predicted molar refractivity (Wildman–Crippen MR) is 64.2 cm³/mol. The minimum atomic E-state index is -1.09. The van der Waals surface area contributed by atoms with Gasteiger partial charge in [0.05, 0.1) is 0 Å². The van der Waals surface area contributed by atoms with Gasteiger partial charge in [-0.05, 0) is 25.7 Å². The van der Waals surface area contributed by atoms with Gasteiger partial charge in [0.25, 0.3) is 0 Å². The summed E-state index contributed by atoms with van der Waals surface area (Å²) in [6.07, 6.45) is 11.6. The Morgan fingerprint density at radius 3 is 2.82 bits per heavy atom. The van der Waals surface area contributed by atoms with Crippen LogP contribution < -0.4 is 5.32 Å². The molecule has 1 amide bonds. The van der Waals surface area contributed by atoms with Gasteiger partial charge >= 0.3 is 5.97 Å². The molecule has 0 aromatic heterocycles. The van der Waals surface area contributed by atoms with E-state index < -0.39 is 12.0 Å². The van der Waals surface area contributed by atoms with Crippen LogP contribution in [-0.4, -0.2) is 23.0 Å². The lowest BCUT2D eigenvalue weighted by atomic mass is 9.97. The summed E-state index contributed by atoms with van der Waals surface area (Å²) >= 11 is 0. The second-order valence-electron chi connectivity index (χ2n) is 4.15. The largest absolute Gasteiger partial charge is 0.480 e. The van der Waals surface area contributed by atoms with Crippen molar-refractivity contribution in [3.8, 4) is 12.3 Å². The molecule has 0 aliphatic heterocycles. The van der Waals surface area contributed by atoms with Crippen molar-refractivity contribution in [2.24, 2.45) is 0 Å². The number of nitrogens with one attached hydrogen (secondary N) is 1. The average Bonchev–Trinajstić information content (AvgIpc) is 2.29. The third-order valence-electron chi connectivity index (χ3n) is 2.73. The lowest BCUT2D eigenvalue weighted by Gasteiger charge is -2.15. The predicted octanol–water partition coefficient (Wildman–Crippen LogP) is 1.47. The number of carboxylic acid groups (broad SMARTS) is 1. The Bertz CT molecular complexity index is 365. The summed E-state index contributed by atoms with van der Waals surface area (Å²) in [5.74, 6) is 0.896. The van der Waals surface area contributed by atoms with Crippen molar-refractivity contribution < 1.29 is 14.7 Å². The second kappa shape index (κ2) is 6.74. The van der Waals surface area contributed by atoms with Gasteiger partial charge in [0.1, 0.15) is 6.04 Å². The molecule has 17 heavy (non-hydrogen) atoms. The molecule has 0 bridgehead atoms. The van der Waals surface area contributed by atoms with E-state index in [0.717, 1.165) is 24.8 Å². The monoisotopic (exact) mass is 235 g/mol. The highest BCUT2D eigenvalue weighted by Crippen LogP contribution is 2.19. The Balaban J connectivity index is 2.44. The summed E-state index contributed by atoms with van der Waals surface area (Å²) in [5, 5.41) is 11.3. The first-order chi connectivity index (χ1) is 8.13. The molecular weight excluding hydrogens is 218 g/mol. The van der Waals surface area contributed by atoms with E-state index in [0.29, 0.717) is 0 Å². The van der Waals surface area contributed by atoms with Crippen molar-refractivity contribution in [1.82, 2.24) is 5.32 Å². The molecule has 0 aromatic rings. The van der Waals surface area contributed by atoms with Crippen molar-refractivity contribution in [2.45, 2.75) is 44.6 Å². The highest BCUT2D eigenvalue weighted by molar-refractivity contribution is 5.85. The zero-order valence-corrected chi connectivity index (χ0v) is 9.74.